The second-order valence-electron chi connectivity index (χ2n) is 8.05. The Morgan fingerprint density at radius 2 is 1.82 bits per heavy atom. The van der Waals surface area contributed by atoms with Crippen molar-refractivity contribution < 1.29 is 14.6 Å². The number of fused-ring (bicyclic) bond motifs is 1. The monoisotopic (exact) mass is 493 g/mol. The third-order valence-electron chi connectivity index (χ3n) is 6.08. The topological polar surface area (TPSA) is 78.5 Å². The Labute approximate surface area is 206 Å². The predicted octanol–water partition coefficient (Wildman–Crippen LogP) is 5.89. The second kappa shape index (κ2) is 9.05. The second-order valence-corrected chi connectivity index (χ2v) is 8.87. The summed E-state index contributed by atoms with van der Waals surface area (Å²) >= 11 is 12.5. The molecule has 6 nitrogen and oxygen atoms in total. The van der Waals surface area contributed by atoms with Gasteiger partial charge >= 0.3 is 0 Å². The lowest BCUT2D eigenvalue weighted by atomic mass is 9.95. The van der Waals surface area contributed by atoms with Gasteiger partial charge in [-0.3, -0.25) is 9.89 Å². The minimum atomic E-state index is -0.441. The van der Waals surface area contributed by atoms with Crippen molar-refractivity contribution in [2.75, 3.05) is 13.7 Å². The summed E-state index contributed by atoms with van der Waals surface area (Å²) < 4.78 is 5.24. The molecule has 1 aromatic heterocycles. The molecule has 1 aliphatic heterocycles. The van der Waals surface area contributed by atoms with E-state index in [0.29, 0.717) is 45.5 Å². The molecule has 34 heavy (non-hydrogen) atoms. The van der Waals surface area contributed by atoms with Crippen LogP contribution in [0.3, 0.4) is 0 Å². The molecule has 172 valence electrons. The number of amides is 1. The van der Waals surface area contributed by atoms with Crippen molar-refractivity contribution in [3.8, 4) is 22.8 Å². The zero-order valence-corrected chi connectivity index (χ0v) is 19.8. The molecule has 1 atom stereocenters. The highest BCUT2D eigenvalue weighted by atomic mass is 35.5. The largest absolute Gasteiger partial charge is 0.507 e. The molecule has 2 N–H and O–H groups in total. The summed E-state index contributed by atoms with van der Waals surface area (Å²) in [6, 6.07) is 19.7. The van der Waals surface area contributed by atoms with Crippen LogP contribution < -0.4 is 4.74 Å². The molecule has 4 aromatic rings. The van der Waals surface area contributed by atoms with E-state index in [1.165, 1.54) is 0 Å². The number of aromatic amines is 1. The van der Waals surface area contributed by atoms with Gasteiger partial charge in [-0.1, -0.05) is 53.5 Å². The fourth-order valence-electron chi connectivity index (χ4n) is 4.38. The van der Waals surface area contributed by atoms with E-state index in [9.17, 15) is 9.90 Å². The first-order chi connectivity index (χ1) is 16.5. The number of nitrogens with zero attached hydrogens (tertiary/aromatic N) is 2. The van der Waals surface area contributed by atoms with E-state index in [2.05, 4.69) is 10.2 Å². The molecule has 0 radical (unpaired) electrons. The summed E-state index contributed by atoms with van der Waals surface area (Å²) in [6.45, 7) is 0.471. The van der Waals surface area contributed by atoms with Crippen LogP contribution in [0.5, 0.6) is 11.5 Å². The predicted molar refractivity (Wildman–Crippen MR) is 132 cm³/mol. The molecule has 0 saturated carbocycles. The van der Waals surface area contributed by atoms with Gasteiger partial charge in [0.15, 0.2) is 0 Å². The number of para-hydroxylation sites is 1. The molecule has 8 heteroatoms. The maximum absolute atomic E-state index is 13.5. The number of carbonyl (C=O) groups is 1. The zero-order valence-electron chi connectivity index (χ0n) is 18.3. The van der Waals surface area contributed by atoms with Gasteiger partial charge in [-0.25, -0.2) is 0 Å². The first-order valence-corrected chi connectivity index (χ1v) is 11.5. The number of halogens is 2. The summed E-state index contributed by atoms with van der Waals surface area (Å²) in [5, 5.41) is 18.6. The number of aromatic nitrogens is 2. The maximum atomic E-state index is 13.5. The van der Waals surface area contributed by atoms with E-state index in [0.717, 1.165) is 16.9 Å². The molecule has 0 spiro atoms. The SMILES string of the molecule is COc1ccc(CCN2C(=O)c3[nH]nc(-c4ccccc4O)c3[C@H]2c2ccc(Cl)c(Cl)c2)cc1. The number of benzene rings is 3. The van der Waals surface area contributed by atoms with Crippen LogP contribution in [0.1, 0.15) is 33.2 Å². The standard InChI is InChI=1S/C26H21Cl2N3O3/c1-34-17-9-6-15(7-10-17)12-13-31-25(16-8-11-19(27)20(28)14-16)22-23(29-30-24(22)26(31)33)18-4-2-3-5-21(18)32/h2-11,14,25,32H,12-13H2,1H3,(H,29,30)/t25-/m1/s1. The Balaban J connectivity index is 1.57. The van der Waals surface area contributed by atoms with Crippen LogP contribution in [0.25, 0.3) is 11.3 Å². The van der Waals surface area contributed by atoms with Gasteiger partial charge < -0.3 is 14.7 Å². The van der Waals surface area contributed by atoms with Crippen LogP contribution in [0.4, 0.5) is 0 Å². The minimum absolute atomic E-state index is 0.0915. The number of phenolic OH excluding ortho intramolecular Hbond substituents is 1. The number of H-pyrrole nitrogens is 1. The summed E-state index contributed by atoms with van der Waals surface area (Å²) in [5.41, 5.74) is 4.09. The van der Waals surface area contributed by atoms with Gasteiger partial charge in [0.2, 0.25) is 0 Å². The van der Waals surface area contributed by atoms with Crippen molar-refractivity contribution in [3.63, 3.8) is 0 Å². The van der Waals surface area contributed by atoms with Crippen LogP contribution in [0.15, 0.2) is 66.7 Å². The molecule has 3 aromatic carbocycles. The fourth-order valence-corrected chi connectivity index (χ4v) is 4.68. The van der Waals surface area contributed by atoms with E-state index < -0.39 is 6.04 Å². The van der Waals surface area contributed by atoms with Gasteiger partial charge in [0.1, 0.15) is 22.9 Å². The number of aromatic hydroxyl groups is 1. The van der Waals surface area contributed by atoms with Crippen LogP contribution >= 0.6 is 23.2 Å². The van der Waals surface area contributed by atoms with Crippen molar-refractivity contribution in [1.82, 2.24) is 15.1 Å². The third kappa shape index (κ3) is 3.89. The molecule has 2 heterocycles. The molecular weight excluding hydrogens is 473 g/mol. The molecule has 0 aliphatic carbocycles. The summed E-state index contributed by atoms with van der Waals surface area (Å²) in [6.07, 6.45) is 0.650. The molecule has 0 unspecified atom stereocenters. The zero-order chi connectivity index (χ0) is 23.8. The van der Waals surface area contributed by atoms with Gasteiger partial charge in [0.05, 0.1) is 23.2 Å². The number of nitrogens with one attached hydrogen (secondary N) is 1. The van der Waals surface area contributed by atoms with Crippen LogP contribution in [0, 0.1) is 0 Å². The Kier molecular flexibility index (Phi) is 5.94. The van der Waals surface area contributed by atoms with Gasteiger partial charge in [-0.15, -0.1) is 0 Å². The maximum Gasteiger partial charge on any atom is 0.273 e. The van der Waals surface area contributed by atoms with Crippen LogP contribution in [-0.2, 0) is 6.42 Å². The first kappa shape index (κ1) is 22.3. The van der Waals surface area contributed by atoms with E-state index in [-0.39, 0.29) is 11.7 Å². The fraction of sp³-hybridized carbons (Fsp3) is 0.154. The molecule has 1 aliphatic rings. The van der Waals surface area contributed by atoms with Gasteiger partial charge in [0.25, 0.3) is 5.91 Å². The lowest BCUT2D eigenvalue weighted by Crippen LogP contribution is -2.31. The van der Waals surface area contributed by atoms with E-state index in [4.69, 9.17) is 27.9 Å². The van der Waals surface area contributed by atoms with E-state index in [1.54, 1.807) is 42.3 Å². The number of ether oxygens (including phenoxy) is 1. The molecule has 0 fully saturated rings. The van der Waals surface area contributed by atoms with Crippen molar-refractivity contribution in [2.24, 2.45) is 0 Å². The summed E-state index contributed by atoms with van der Waals surface area (Å²) in [7, 11) is 1.63. The van der Waals surface area contributed by atoms with Gasteiger partial charge in [0, 0.05) is 17.7 Å². The Hall–Kier alpha value is -3.48. The van der Waals surface area contributed by atoms with Crippen molar-refractivity contribution >= 4 is 29.1 Å². The highest BCUT2D eigenvalue weighted by Crippen LogP contribution is 2.45. The van der Waals surface area contributed by atoms with Gasteiger partial charge in [-0.2, -0.15) is 5.10 Å². The molecule has 0 bridgehead atoms. The smallest absolute Gasteiger partial charge is 0.273 e. The summed E-state index contributed by atoms with van der Waals surface area (Å²) in [5.74, 6) is 0.714. The number of rotatable bonds is 6. The van der Waals surface area contributed by atoms with Gasteiger partial charge in [-0.05, 0) is 53.9 Å². The molecule has 0 saturated heterocycles. The minimum Gasteiger partial charge on any atom is -0.507 e. The average Bonchev–Trinajstić information content (AvgIpc) is 3.39. The third-order valence-corrected chi connectivity index (χ3v) is 6.82. The summed E-state index contributed by atoms with van der Waals surface area (Å²) in [4.78, 5) is 15.3. The average molecular weight is 494 g/mol. The number of hydrogen-bond donors (Lipinski definition) is 2. The van der Waals surface area contributed by atoms with E-state index >= 15 is 0 Å². The molecule has 1 amide bonds. The Bertz CT molecular complexity index is 1370. The van der Waals surface area contributed by atoms with E-state index in [1.807, 2.05) is 36.4 Å². The van der Waals surface area contributed by atoms with Crippen molar-refractivity contribution in [1.29, 1.82) is 0 Å². The van der Waals surface area contributed by atoms with Crippen LogP contribution in [-0.4, -0.2) is 39.8 Å². The quantitative estimate of drug-likeness (QED) is 0.351. The normalized spacial score (nSPS) is 15.0. The van der Waals surface area contributed by atoms with Crippen molar-refractivity contribution in [3.05, 3.63) is 99.2 Å². The Morgan fingerprint density at radius 1 is 1.06 bits per heavy atom. The molecular formula is C26H21Cl2N3O3. The highest BCUT2D eigenvalue weighted by molar-refractivity contribution is 6.42. The lowest BCUT2D eigenvalue weighted by Gasteiger charge is -2.27. The number of phenols is 1. The van der Waals surface area contributed by atoms with Crippen LogP contribution in [0.2, 0.25) is 10.0 Å². The van der Waals surface area contributed by atoms with Crippen molar-refractivity contribution in [2.45, 2.75) is 12.5 Å². The molecule has 5 rings (SSSR count). The number of carbonyl (C=O) groups excluding carboxylic acids is 1. The number of hydrogen-bond acceptors (Lipinski definition) is 4. The Morgan fingerprint density at radius 3 is 2.53 bits per heavy atom. The number of methoxy groups -OCH3 is 1. The lowest BCUT2D eigenvalue weighted by molar-refractivity contribution is 0.0746. The highest BCUT2D eigenvalue weighted by Gasteiger charge is 2.42. The first-order valence-electron chi connectivity index (χ1n) is 10.7.